The number of ether oxygens (including phenoxy) is 2. The van der Waals surface area contributed by atoms with Gasteiger partial charge in [-0.2, -0.15) is 0 Å². The first-order valence-corrected chi connectivity index (χ1v) is 6.21. The predicted octanol–water partition coefficient (Wildman–Crippen LogP) is 2.18. The molecule has 0 spiro atoms. The highest BCUT2D eigenvalue weighted by Gasteiger charge is 2.14. The van der Waals surface area contributed by atoms with Crippen LogP contribution in [-0.4, -0.2) is 37.6 Å². The summed E-state index contributed by atoms with van der Waals surface area (Å²) in [4.78, 5) is 8.68. The zero-order valence-electron chi connectivity index (χ0n) is 9.95. The number of unbranched alkanes of at least 4 members (excludes halogenated alkanes) is 1. The molecule has 90 valence electrons. The minimum absolute atomic E-state index is 0.279. The lowest BCUT2D eigenvalue weighted by Gasteiger charge is -2.13. The molecule has 1 atom stereocenters. The minimum atomic E-state index is 0.279. The summed E-state index contributed by atoms with van der Waals surface area (Å²) in [5, 5.41) is 0. The smallest absolute Gasteiger partial charge is 0.183 e. The Hall–Kier alpha value is -1.06. The molecule has 4 nitrogen and oxygen atoms in total. The van der Waals surface area contributed by atoms with Gasteiger partial charge >= 0.3 is 0 Å². The second kappa shape index (κ2) is 5.87. The van der Waals surface area contributed by atoms with Crippen molar-refractivity contribution in [3.05, 3.63) is 0 Å². The topological polar surface area (TPSA) is 43.2 Å². The van der Waals surface area contributed by atoms with Crippen LogP contribution in [-0.2, 0) is 9.47 Å². The molecule has 0 N–H and O–H groups in total. The molecule has 4 heteroatoms. The van der Waals surface area contributed by atoms with Crippen molar-refractivity contribution >= 4 is 11.8 Å². The lowest BCUT2D eigenvalue weighted by atomic mass is 10.2. The number of nitrogens with zero attached hydrogens (tertiary/aromatic N) is 2. The van der Waals surface area contributed by atoms with Crippen LogP contribution in [0.15, 0.2) is 9.98 Å². The SMILES string of the molecule is CC1CN=C(CCCCC2=NCCCO2)O1. The first-order chi connectivity index (χ1) is 7.84. The van der Waals surface area contributed by atoms with Crippen molar-refractivity contribution in [2.45, 2.75) is 45.1 Å². The molecule has 0 fully saturated rings. The standard InChI is InChI=1S/C12H20N2O2/c1-10-9-14-12(16-10)6-3-2-5-11-13-7-4-8-15-11/h10H,2-9H2,1H3. The summed E-state index contributed by atoms with van der Waals surface area (Å²) in [6, 6.07) is 0. The Balaban J connectivity index is 1.56. The maximum Gasteiger partial charge on any atom is 0.183 e. The van der Waals surface area contributed by atoms with E-state index in [2.05, 4.69) is 16.9 Å². The van der Waals surface area contributed by atoms with Gasteiger partial charge in [0.2, 0.25) is 0 Å². The van der Waals surface area contributed by atoms with Gasteiger partial charge in [-0.15, -0.1) is 0 Å². The summed E-state index contributed by atoms with van der Waals surface area (Å²) in [5.41, 5.74) is 0. The molecule has 0 aromatic heterocycles. The third-order valence-corrected chi connectivity index (χ3v) is 2.75. The van der Waals surface area contributed by atoms with Crippen molar-refractivity contribution < 1.29 is 9.47 Å². The summed E-state index contributed by atoms with van der Waals surface area (Å²) in [7, 11) is 0. The zero-order chi connectivity index (χ0) is 11.2. The molecule has 0 aromatic rings. The molecule has 0 saturated carbocycles. The van der Waals surface area contributed by atoms with Crippen molar-refractivity contribution in [1.29, 1.82) is 0 Å². The van der Waals surface area contributed by atoms with Crippen LogP contribution in [0, 0.1) is 0 Å². The molecule has 2 aliphatic rings. The van der Waals surface area contributed by atoms with E-state index in [0.717, 1.165) is 63.6 Å². The van der Waals surface area contributed by atoms with Gasteiger partial charge in [-0.25, -0.2) is 0 Å². The van der Waals surface area contributed by atoms with E-state index in [1.165, 1.54) is 0 Å². The normalized spacial score (nSPS) is 24.4. The molecule has 2 aliphatic heterocycles. The van der Waals surface area contributed by atoms with E-state index >= 15 is 0 Å². The van der Waals surface area contributed by atoms with Crippen LogP contribution < -0.4 is 0 Å². The largest absolute Gasteiger partial charge is 0.481 e. The number of aliphatic imine (C=N–C) groups is 2. The molecule has 0 amide bonds. The van der Waals surface area contributed by atoms with Crippen LogP contribution in [0.4, 0.5) is 0 Å². The Morgan fingerprint density at radius 2 is 2.00 bits per heavy atom. The minimum Gasteiger partial charge on any atom is -0.481 e. The van der Waals surface area contributed by atoms with Crippen molar-refractivity contribution in [3.8, 4) is 0 Å². The van der Waals surface area contributed by atoms with E-state index in [1.807, 2.05) is 0 Å². The van der Waals surface area contributed by atoms with Gasteiger partial charge in [0.1, 0.15) is 6.10 Å². The van der Waals surface area contributed by atoms with Gasteiger partial charge in [-0.1, -0.05) is 0 Å². The Bertz CT molecular complexity index is 287. The average molecular weight is 224 g/mol. The third kappa shape index (κ3) is 3.51. The molecular weight excluding hydrogens is 204 g/mol. The van der Waals surface area contributed by atoms with E-state index in [-0.39, 0.29) is 6.10 Å². The second-order valence-electron chi connectivity index (χ2n) is 4.35. The first-order valence-electron chi connectivity index (χ1n) is 6.21. The van der Waals surface area contributed by atoms with Crippen molar-refractivity contribution in [2.24, 2.45) is 9.98 Å². The van der Waals surface area contributed by atoms with Crippen LogP contribution in [0.5, 0.6) is 0 Å². The fourth-order valence-electron chi connectivity index (χ4n) is 1.88. The monoisotopic (exact) mass is 224 g/mol. The lowest BCUT2D eigenvalue weighted by Crippen LogP contribution is -2.13. The fraction of sp³-hybridized carbons (Fsp3) is 0.833. The molecule has 0 radical (unpaired) electrons. The summed E-state index contributed by atoms with van der Waals surface area (Å²) >= 11 is 0. The molecular formula is C12H20N2O2. The first kappa shape index (κ1) is 11.4. The van der Waals surface area contributed by atoms with Crippen LogP contribution in [0.25, 0.3) is 0 Å². The van der Waals surface area contributed by atoms with Crippen molar-refractivity contribution in [3.63, 3.8) is 0 Å². The van der Waals surface area contributed by atoms with E-state index in [0.29, 0.717) is 0 Å². The van der Waals surface area contributed by atoms with E-state index < -0.39 is 0 Å². The molecule has 0 aromatic carbocycles. The molecule has 2 heterocycles. The Morgan fingerprint density at radius 1 is 1.19 bits per heavy atom. The zero-order valence-corrected chi connectivity index (χ0v) is 9.95. The molecule has 0 saturated heterocycles. The van der Waals surface area contributed by atoms with Gasteiger partial charge < -0.3 is 9.47 Å². The van der Waals surface area contributed by atoms with Crippen LogP contribution in [0.3, 0.4) is 0 Å². The average Bonchev–Trinajstić information content (AvgIpc) is 2.72. The van der Waals surface area contributed by atoms with E-state index in [4.69, 9.17) is 9.47 Å². The summed E-state index contributed by atoms with van der Waals surface area (Å²) in [5.74, 6) is 1.87. The van der Waals surface area contributed by atoms with Crippen LogP contribution in [0.2, 0.25) is 0 Å². The number of hydrogen-bond donors (Lipinski definition) is 0. The second-order valence-corrected chi connectivity index (χ2v) is 4.35. The van der Waals surface area contributed by atoms with Gasteiger partial charge in [0.15, 0.2) is 11.8 Å². The van der Waals surface area contributed by atoms with Gasteiger partial charge in [-0.3, -0.25) is 9.98 Å². The van der Waals surface area contributed by atoms with Gasteiger partial charge in [-0.05, 0) is 19.8 Å². The Labute approximate surface area is 96.8 Å². The Morgan fingerprint density at radius 3 is 2.62 bits per heavy atom. The van der Waals surface area contributed by atoms with Crippen LogP contribution in [0.1, 0.15) is 39.0 Å². The third-order valence-electron chi connectivity index (χ3n) is 2.75. The molecule has 2 rings (SSSR count). The maximum atomic E-state index is 5.54. The van der Waals surface area contributed by atoms with Gasteiger partial charge in [0.05, 0.1) is 13.2 Å². The van der Waals surface area contributed by atoms with Crippen LogP contribution >= 0.6 is 0 Å². The van der Waals surface area contributed by atoms with Gasteiger partial charge in [0.25, 0.3) is 0 Å². The van der Waals surface area contributed by atoms with Crippen molar-refractivity contribution in [1.82, 2.24) is 0 Å². The summed E-state index contributed by atoms with van der Waals surface area (Å²) < 4.78 is 11.0. The molecule has 0 bridgehead atoms. The Kier molecular flexibility index (Phi) is 4.19. The van der Waals surface area contributed by atoms with E-state index in [1.54, 1.807) is 0 Å². The molecule has 1 unspecified atom stereocenters. The highest BCUT2D eigenvalue weighted by atomic mass is 16.5. The van der Waals surface area contributed by atoms with Crippen molar-refractivity contribution in [2.75, 3.05) is 19.7 Å². The summed E-state index contributed by atoms with van der Waals surface area (Å²) in [6.45, 7) is 4.65. The highest BCUT2D eigenvalue weighted by Crippen LogP contribution is 2.11. The van der Waals surface area contributed by atoms with E-state index in [9.17, 15) is 0 Å². The maximum absolute atomic E-state index is 5.54. The summed E-state index contributed by atoms with van der Waals surface area (Å²) in [6.07, 6.45) is 5.47. The van der Waals surface area contributed by atoms with Gasteiger partial charge in [0, 0.05) is 25.8 Å². The molecule has 0 aliphatic carbocycles. The highest BCUT2D eigenvalue weighted by molar-refractivity contribution is 5.78. The number of rotatable bonds is 5. The predicted molar refractivity (Wildman–Crippen MR) is 64.2 cm³/mol. The quantitative estimate of drug-likeness (QED) is 0.672. The number of hydrogen-bond acceptors (Lipinski definition) is 4. The lowest BCUT2D eigenvalue weighted by molar-refractivity contribution is 0.238. The fourth-order valence-corrected chi connectivity index (χ4v) is 1.88. The molecule has 16 heavy (non-hydrogen) atoms.